The van der Waals surface area contributed by atoms with E-state index in [2.05, 4.69) is 160 Å². The van der Waals surface area contributed by atoms with Crippen LogP contribution in [0.4, 0.5) is 17.1 Å². The number of benzene rings is 6. The van der Waals surface area contributed by atoms with E-state index in [-0.39, 0.29) is 27.6 Å². The molecule has 0 radical (unpaired) electrons. The molecule has 0 fully saturated rings. The summed E-state index contributed by atoms with van der Waals surface area (Å²) in [5.41, 5.74) is 15.8. The summed E-state index contributed by atoms with van der Waals surface area (Å²) in [7, 11) is 0. The Kier molecular flexibility index (Phi) is 13.5. The van der Waals surface area contributed by atoms with Gasteiger partial charge in [0.2, 0.25) is 0 Å². The summed E-state index contributed by atoms with van der Waals surface area (Å²) in [5, 5.41) is 13.6. The number of nitrogens with one attached hydrogen (secondary N) is 1. The number of anilines is 3. The summed E-state index contributed by atoms with van der Waals surface area (Å²) in [5.74, 6) is -1.11. The van der Waals surface area contributed by atoms with E-state index < -0.39 is 5.97 Å². The molecule has 6 aromatic carbocycles. The number of aromatic nitrogens is 2. The average Bonchev–Trinajstić information content (AvgIpc) is 4.13. The van der Waals surface area contributed by atoms with E-state index in [1.165, 1.54) is 92.3 Å². The van der Waals surface area contributed by atoms with Crippen molar-refractivity contribution in [3.8, 4) is 38.4 Å². The number of carboxylic acid groups (broad SMARTS) is 1. The lowest BCUT2D eigenvalue weighted by atomic mass is 9.70. The number of hydrogen-bond donors (Lipinski definition) is 2. The molecule has 2 aromatic heterocycles. The van der Waals surface area contributed by atoms with E-state index in [9.17, 15) is 14.7 Å². The van der Waals surface area contributed by atoms with Crippen LogP contribution in [-0.2, 0) is 10.8 Å². The van der Waals surface area contributed by atoms with Gasteiger partial charge in [-0.1, -0.05) is 171 Å². The first-order valence-electron chi connectivity index (χ1n) is 26.0. The van der Waals surface area contributed by atoms with Gasteiger partial charge in [-0.2, -0.15) is 0 Å². The number of thiophene rings is 1. The molecule has 7 heteroatoms. The highest BCUT2D eigenvalue weighted by atomic mass is 32.1. The van der Waals surface area contributed by atoms with Crippen LogP contribution in [0.2, 0.25) is 0 Å². The molecule has 2 N–H and O–H groups in total. The Labute approximate surface area is 422 Å². The maximum absolute atomic E-state index is 13.7. The van der Waals surface area contributed by atoms with Crippen LogP contribution in [0.3, 0.4) is 0 Å². The van der Waals surface area contributed by atoms with Crippen LogP contribution in [0.1, 0.15) is 142 Å². The Morgan fingerprint density at radius 3 is 1.61 bits per heavy atom. The van der Waals surface area contributed by atoms with Crippen LogP contribution >= 0.6 is 11.3 Å². The third kappa shape index (κ3) is 8.42. The van der Waals surface area contributed by atoms with Crippen LogP contribution < -0.4 is 21.0 Å². The maximum Gasteiger partial charge on any atom is 0.337 e. The minimum absolute atomic E-state index is 0.0328. The smallest absolute Gasteiger partial charge is 0.337 e. The molecule has 0 bridgehead atoms. The number of para-hydroxylation sites is 1. The van der Waals surface area contributed by atoms with E-state index in [4.69, 9.17) is 0 Å². The Morgan fingerprint density at radius 1 is 0.606 bits per heavy atom. The molecular weight excluding hydrogens is 891 g/mol. The van der Waals surface area contributed by atoms with Gasteiger partial charge in [-0.15, -0.1) is 11.3 Å². The number of carbonyl (C=O) groups is 1. The van der Waals surface area contributed by atoms with Gasteiger partial charge in [0.25, 0.3) is 5.56 Å². The van der Waals surface area contributed by atoms with Crippen molar-refractivity contribution in [1.82, 2.24) is 9.78 Å². The van der Waals surface area contributed by atoms with Crippen LogP contribution in [0.25, 0.3) is 51.0 Å². The molecule has 6 nitrogen and oxygen atoms in total. The molecule has 10 rings (SSSR count). The molecule has 2 aliphatic carbocycles. The molecule has 0 aliphatic heterocycles. The lowest BCUT2D eigenvalue weighted by Gasteiger charge is -2.35. The zero-order valence-corrected chi connectivity index (χ0v) is 42.5. The fourth-order valence-electron chi connectivity index (χ4n) is 12.0. The SMILES string of the molecule is C=c1[nH]n(-c2ccccc2C(=O)O)c(=O)c1=Cc1ccc(-c2ccc(N(c3ccc4c(c3)C(CCCC)(CCCC)c3ccccc3-4)c3ccc4c(c3)C(CCCC)(CCCC)c3ccccc3-4)cc2)s1. The molecule has 0 atom stereocenters. The average molecular weight is 956 g/mol. The lowest BCUT2D eigenvalue weighted by Crippen LogP contribution is -2.34. The molecule has 0 saturated heterocycles. The summed E-state index contributed by atoms with van der Waals surface area (Å²) >= 11 is 1.61. The molecule has 0 amide bonds. The molecule has 8 aromatic rings. The molecular formula is C64H65N3O3S. The summed E-state index contributed by atoms with van der Waals surface area (Å²) in [6, 6.07) is 52.6. The molecule has 360 valence electrons. The monoisotopic (exact) mass is 955 g/mol. The quantitative estimate of drug-likeness (QED) is 0.0846. The summed E-state index contributed by atoms with van der Waals surface area (Å²) in [4.78, 5) is 30.2. The normalized spacial score (nSPS) is 14.0. The number of fused-ring (bicyclic) bond motifs is 6. The number of hydrogen-bond acceptors (Lipinski definition) is 4. The minimum Gasteiger partial charge on any atom is -0.478 e. The molecule has 2 aliphatic rings. The van der Waals surface area contributed by atoms with Crippen molar-refractivity contribution in [2.24, 2.45) is 0 Å². The molecule has 0 unspecified atom stereocenters. The van der Waals surface area contributed by atoms with Gasteiger partial charge in [-0.05, 0) is 142 Å². The predicted molar refractivity (Wildman–Crippen MR) is 297 cm³/mol. The second-order valence-electron chi connectivity index (χ2n) is 19.8. The van der Waals surface area contributed by atoms with Gasteiger partial charge in [0.15, 0.2) is 0 Å². The Balaban J connectivity index is 1.09. The fourth-order valence-corrected chi connectivity index (χ4v) is 13.0. The van der Waals surface area contributed by atoms with Gasteiger partial charge < -0.3 is 10.0 Å². The predicted octanol–water partition coefficient (Wildman–Crippen LogP) is 15.6. The largest absolute Gasteiger partial charge is 0.478 e. The molecule has 71 heavy (non-hydrogen) atoms. The Bertz CT molecular complexity index is 3290. The molecule has 0 spiro atoms. The van der Waals surface area contributed by atoms with E-state index >= 15 is 0 Å². The number of aromatic amines is 1. The lowest BCUT2D eigenvalue weighted by molar-refractivity contribution is 0.0696. The van der Waals surface area contributed by atoms with Crippen molar-refractivity contribution >= 4 is 47.0 Å². The van der Waals surface area contributed by atoms with Crippen molar-refractivity contribution in [3.63, 3.8) is 0 Å². The van der Waals surface area contributed by atoms with Gasteiger partial charge >= 0.3 is 5.97 Å². The summed E-state index contributed by atoms with van der Waals surface area (Å²) in [6.07, 6.45) is 15.7. The van der Waals surface area contributed by atoms with E-state index in [0.717, 1.165) is 72.4 Å². The van der Waals surface area contributed by atoms with Crippen LogP contribution in [0.5, 0.6) is 0 Å². The zero-order chi connectivity index (χ0) is 49.3. The Hall–Kier alpha value is -6.96. The highest BCUT2D eigenvalue weighted by molar-refractivity contribution is 7.16. The van der Waals surface area contributed by atoms with Gasteiger partial charge in [0.05, 0.1) is 21.8 Å². The second kappa shape index (κ2) is 20.0. The van der Waals surface area contributed by atoms with Crippen molar-refractivity contribution in [2.45, 2.75) is 116 Å². The number of nitrogens with zero attached hydrogens (tertiary/aromatic N) is 2. The van der Waals surface area contributed by atoms with Crippen LogP contribution in [0.15, 0.2) is 150 Å². The standard InChI is InChI=1S/C64H65N3O3S/c1-6-10-36-63(37-11-7-2)55-23-17-14-20-49(55)51-33-30-46(40-57(51)63)66(47-31-34-52-50-21-15-18-24-56(50)64(38-12-8-3,39-13-9-4)58(52)41-47)45-28-26-44(27-29-45)60-35-32-48(71-60)42-54-43(5)65-67(61(54)68)59-25-19-16-22-53(59)62(69)70/h14-35,40-42,65H,5-13,36-39H2,1-4H3,(H,69,70). The topological polar surface area (TPSA) is 78.3 Å². The highest BCUT2D eigenvalue weighted by Crippen LogP contribution is 2.58. The van der Waals surface area contributed by atoms with E-state index in [1.54, 1.807) is 29.5 Å². The first-order valence-corrected chi connectivity index (χ1v) is 26.8. The first kappa shape index (κ1) is 47.7. The van der Waals surface area contributed by atoms with Crippen molar-refractivity contribution in [3.05, 3.63) is 199 Å². The number of unbranched alkanes of at least 4 members (excludes halogenated alkanes) is 4. The minimum atomic E-state index is -1.11. The van der Waals surface area contributed by atoms with E-state index in [1.807, 2.05) is 12.1 Å². The van der Waals surface area contributed by atoms with Crippen LogP contribution in [-0.4, -0.2) is 20.9 Å². The van der Waals surface area contributed by atoms with E-state index in [0.29, 0.717) is 10.6 Å². The summed E-state index contributed by atoms with van der Waals surface area (Å²) in [6.45, 7) is 13.4. The third-order valence-electron chi connectivity index (χ3n) is 15.6. The van der Waals surface area contributed by atoms with Crippen molar-refractivity contribution in [2.75, 3.05) is 4.90 Å². The zero-order valence-electron chi connectivity index (χ0n) is 41.7. The number of H-pyrrole nitrogens is 1. The molecule has 0 saturated carbocycles. The van der Waals surface area contributed by atoms with Gasteiger partial charge in [0, 0.05) is 37.6 Å². The van der Waals surface area contributed by atoms with Crippen LogP contribution in [0, 0.1) is 0 Å². The third-order valence-corrected chi connectivity index (χ3v) is 16.6. The number of aromatic carboxylic acids is 1. The second-order valence-corrected chi connectivity index (χ2v) is 20.9. The fraction of sp³-hybridized carbons (Fsp3) is 0.281. The summed E-state index contributed by atoms with van der Waals surface area (Å²) < 4.78 is 1.27. The number of rotatable bonds is 19. The van der Waals surface area contributed by atoms with Gasteiger partial charge in [-0.25, -0.2) is 9.48 Å². The first-order chi connectivity index (χ1) is 34.7. The Morgan fingerprint density at radius 2 is 1.08 bits per heavy atom. The molecule has 2 heterocycles. The number of carboxylic acids is 1. The van der Waals surface area contributed by atoms with Crippen molar-refractivity contribution in [1.29, 1.82) is 0 Å². The van der Waals surface area contributed by atoms with Gasteiger partial charge in [-0.3, -0.25) is 9.89 Å². The van der Waals surface area contributed by atoms with Gasteiger partial charge in [0.1, 0.15) is 0 Å². The maximum atomic E-state index is 13.7. The highest BCUT2D eigenvalue weighted by Gasteiger charge is 2.44. The van der Waals surface area contributed by atoms with Crippen molar-refractivity contribution < 1.29 is 9.90 Å².